The van der Waals surface area contributed by atoms with Crippen LogP contribution in [0.15, 0.2) is 40.8 Å². The van der Waals surface area contributed by atoms with Crippen molar-refractivity contribution in [1.29, 1.82) is 0 Å². The smallest absolute Gasteiger partial charge is 0.277 e. The topological polar surface area (TPSA) is 43.6 Å². The van der Waals surface area contributed by atoms with Crippen molar-refractivity contribution in [1.82, 2.24) is 4.57 Å². The first-order chi connectivity index (χ1) is 10.1. The zero-order valence-corrected chi connectivity index (χ0v) is 13.4. The number of aromatic nitrogens is 1. The first-order valence-electron chi connectivity index (χ1n) is 6.99. The van der Waals surface area contributed by atoms with E-state index in [-0.39, 0.29) is 5.91 Å². The predicted octanol–water partition coefficient (Wildman–Crippen LogP) is 2.76. The van der Waals surface area contributed by atoms with Crippen molar-refractivity contribution in [2.45, 2.75) is 33.4 Å². The highest BCUT2D eigenvalue weighted by Gasteiger charge is 2.11. The maximum atomic E-state index is 12.0. The molecule has 0 saturated heterocycles. The highest BCUT2D eigenvalue weighted by atomic mass is 32.1. The minimum atomic E-state index is -0.495. The lowest BCUT2D eigenvalue weighted by Gasteiger charge is -2.07. The predicted molar refractivity (Wildman–Crippen MR) is 84.2 cm³/mol. The van der Waals surface area contributed by atoms with Gasteiger partial charge < -0.3 is 9.30 Å². The van der Waals surface area contributed by atoms with E-state index in [0.29, 0.717) is 18.0 Å². The van der Waals surface area contributed by atoms with E-state index in [0.717, 1.165) is 0 Å². The fraction of sp³-hybridized carbons (Fsp3) is 0.375. The molecule has 0 fully saturated rings. The average molecular weight is 304 g/mol. The molecular weight excluding hydrogens is 284 g/mol. The van der Waals surface area contributed by atoms with Gasteiger partial charge in [0.05, 0.1) is 0 Å². The monoisotopic (exact) mass is 304 g/mol. The molecule has 1 heterocycles. The lowest BCUT2D eigenvalue weighted by Crippen LogP contribution is -2.24. The van der Waals surface area contributed by atoms with Gasteiger partial charge in [-0.25, -0.2) is 0 Å². The minimum Gasteiger partial charge on any atom is -0.369 e. The summed E-state index contributed by atoms with van der Waals surface area (Å²) < 4.78 is 7.25. The third-order valence-corrected chi connectivity index (χ3v) is 3.90. The molecule has 5 heteroatoms. The number of aryl methyl sites for hydroxylation is 1. The summed E-state index contributed by atoms with van der Waals surface area (Å²) in [7, 11) is 0. The molecule has 0 radical (unpaired) electrons. The standard InChI is InChI=1S/C16H20N2O2S/c1-4-20-13(3)15(19)17-16-18(9-10-21-16)11-14-7-5-12(2)6-8-14/h5-10,13H,4,11H2,1-3H3/t13-/m1/s1. The van der Waals surface area contributed by atoms with Crippen molar-refractivity contribution in [2.24, 2.45) is 4.99 Å². The van der Waals surface area contributed by atoms with Crippen LogP contribution < -0.4 is 4.80 Å². The molecule has 0 aliphatic rings. The van der Waals surface area contributed by atoms with Gasteiger partial charge in [-0.3, -0.25) is 4.79 Å². The molecular formula is C16H20N2O2S. The van der Waals surface area contributed by atoms with Crippen LogP contribution in [0.2, 0.25) is 0 Å². The lowest BCUT2D eigenvalue weighted by molar-refractivity contribution is -0.128. The summed E-state index contributed by atoms with van der Waals surface area (Å²) in [6.07, 6.45) is 1.45. The Bertz CT molecular complexity index is 655. The number of hydrogen-bond acceptors (Lipinski definition) is 3. The van der Waals surface area contributed by atoms with Gasteiger partial charge >= 0.3 is 0 Å². The average Bonchev–Trinajstić information content (AvgIpc) is 2.89. The van der Waals surface area contributed by atoms with Crippen LogP contribution in [0.1, 0.15) is 25.0 Å². The van der Waals surface area contributed by atoms with E-state index >= 15 is 0 Å². The molecule has 1 aromatic carbocycles. The molecule has 0 bridgehead atoms. The first-order valence-corrected chi connectivity index (χ1v) is 7.87. The molecule has 112 valence electrons. The van der Waals surface area contributed by atoms with Gasteiger partial charge in [-0.1, -0.05) is 29.8 Å². The van der Waals surface area contributed by atoms with E-state index in [4.69, 9.17) is 4.74 Å². The van der Waals surface area contributed by atoms with E-state index in [9.17, 15) is 4.79 Å². The van der Waals surface area contributed by atoms with Crippen LogP contribution in [0.25, 0.3) is 0 Å². The third kappa shape index (κ3) is 4.37. The van der Waals surface area contributed by atoms with Crippen LogP contribution in [0.5, 0.6) is 0 Å². The Morgan fingerprint density at radius 2 is 2.10 bits per heavy atom. The summed E-state index contributed by atoms with van der Waals surface area (Å²) in [5, 5.41) is 1.94. The Kier molecular flexibility index (Phi) is 5.47. The van der Waals surface area contributed by atoms with E-state index in [1.165, 1.54) is 22.5 Å². The lowest BCUT2D eigenvalue weighted by atomic mass is 10.1. The maximum absolute atomic E-state index is 12.0. The summed E-state index contributed by atoms with van der Waals surface area (Å²) in [5.74, 6) is -0.239. The minimum absolute atomic E-state index is 0.239. The third-order valence-electron chi connectivity index (χ3n) is 3.10. The second-order valence-corrected chi connectivity index (χ2v) is 5.72. The van der Waals surface area contributed by atoms with Gasteiger partial charge in [-0.2, -0.15) is 4.99 Å². The Morgan fingerprint density at radius 1 is 1.38 bits per heavy atom. The zero-order valence-electron chi connectivity index (χ0n) is 12.6. The molecule has 0 aliphatic heterocycles. The van der Waals surface area contributed by atoms with Gasteiger partial charge in [0.1, 0.15) is 6.10 Å². The van der Waals surface area contributed by atoms with Crippen LogP contribution in [0.4, 0.5) is 0 Å². The second kappa shape index (κ2) is 7.33. The summed E-state index contributed by atoms with van der Waals surface area (Å²) in [5.41, 5.74) is 2.42. The summed E-state index contributed by atoms with van der Waals surface area (Å²) >= 11 is 1.46. The zero-order chi connectivity index (χ0) is 15.2. The molecule has 1 aromatic heterocycles. The van der Waals surface area contributed by atoms with Crippen molar-refractivity contribution < 1.29 is 9.53 Å². The number of benzene rings is 1. The maximum Gasteiger partial charge on any atom is 0.277 e. The number of thiazole rings is 1. The molecule has 1 atom stereocenters. The SMILES string of the molecule is CCO[C@H](C)C(=O)N=c1sccn1Cc1ccc(C)cc1. The Labute approximate surface area is 128 Å². The van der Waals surface area contributed by atoms with Gasteiger partial charge in [0.15, 0.2) is 4.80 Å². The van der Waals surface area contributed by atoms with Crippen molar-refractivity contribution in [2.75, 3.05) is 6.61 Å². The number of rotatable bonds is 5. The van der Waals surface area contributed by atoms with Crippen LogP contribution >= 0.6 is 11.3 Å². The quantitative estimate of drug-likeness (QED) is 0.852. The number of carbonyl (C=O) groups is 1. The normalized spacial score (nSPS) is 13.4. The van der Waals surface area contributed by atoms with Crippen molar-refractivity contribution in [3.8, 4) is 0 Å². The molecule has 2 aromatic rings. The Hall–Kier alpha value is -1.72. The molecule has 4 nitrogen and oxygen atoms in total. The number of ether oxygens (including phenoxy) is 1. The summed E-state index contributed by atoms with van der Waals surface area (Å²) in [6.45, 7) is 6.88. The van der Waals surface area contributed by atoms with Crippen LogP contribution in [-0.2, 0) is 16.1 Å². The summed E-state index contributed by atoms with van der Waals surface area (Å²) in [6, 6.07) is 8.35. The number of nitrogens with zero attached hydrogens (tertiary/aromatic N) is 2. The highest BCUT2D eigenvalue weighted by molar-refractivity contribution is 7.07. The Morgan fingerprint density at radius 3 is 2.76 bits per heavy atom. The number of carbonyl (C=O) groups excluding carboxylic acids is 1. The van der Waals surface area contributed by atoms with Gasteiger partial charge in [0.2, 0.25) is 0 Å². The van der Waals surface area contributed by atoms with Gasteiger partial charge in [-0.15, -0.1) is 11.3 Å². The molecule has 0 unspecified atom stereocenters. The molecule has 0 N–H and O–H groups in total. The summed E-state index contributed by atoms with van der Waals surface area (Å²) in [4.78, 5) is 16.8. The van der Waals surface area contributed by atoms with Crippen molar-refractivity contribution in [3.05, 3.63) is 51.8 Å². The van der Waals surface area contributed by atoms with Gasteiger partial charge in [0.25, 0.3) is 5.91 Å². The fourth-order valence-electron chi connectivity index (χ4n) is 1.90. The highest BCUT2D eigenvalue weighted by Crippen LogP contribution is 2.05. The Balaban J connectivity index is 2.18. The molecule has 21 heavy (non-hydrogen) atoms. The number of hydrogen-bond donors (Lipinski definition) is 0. The second-order valence-electron chi connectivity index (χ2n) is 4.85. The van der Waals surface area contributed by atoms with Crippen molar-refractivity contribution >= 4 is 17.2 Å². The molecule has 2 rings (SSSR count). The van der Waals surface area contributed by atoms with Crippen molar-refractivity contribution in [3.63, 3.8) is 0 Å². The van der Waals surface area contributed by atoms with Crippen LogP contribution in [0.3, 0.4) is 0 Å². The van der Waals surface area contributed by atoms with E-state index < -0.39 is 6.10 Å². The largest absolute Gasteiger partial charge is 0.369 e. The van der Waals surface area contributed by atoms with Crippen LogP contribution in [0, 0.1) is 6.92 Å². The van der Waals surface area contributed by atoms with Gasteiger partial charge in [-0.05, 0) is 26.3 Å². The molecule has 1 amide bonds. The van der Waals surface area contributed by atoms with E-state index in [1.807, 2.05) is 23.1 Å². The van der Waals surface area contributed by atoms with Gasteiger partial charge in [0, 0.05) is 24.7 Å². The molecule has 0 spiro atoms. The van der Waals surface area contributed by atoms with E-state index in [2.05, 4.69) is 36.2 Å². The molecule has 0 saturated carbocycles. The van der Waals surface area contributed by atoms with Crippen LogP contribution in [-0.4, -0.2) is 23.2 Å². The number of amides is 1. The molecule has 0 aliphatic carbocycles. The fourth-order valence-corrected chi connectivity index (χ4v) is 2.64. The first kappa shape index (κ1) is 15.7. The van der Waals surface area contributed by atoms with E-state index in [1.54, 1.807) is 6.92 Å².